The highest BCUT2D eigenvalue weighted by molar-refractivity contribution is 7.86. The molecule has 1 aromatic heterocycles. The van der Waals surface area contributed by atoms with Gasteiger partial charge in [0.1, 0.15) is 30.4 Å². The van der Waals surface area contributed by atoms with Crippen molar-refractivity contribution in [3.63, 3.8) is 0 Å². The Morgan fingerprint density at radius 1 is 1.12 bits per heavy atom. The van der Waals surface area contributed by atoms with Gasteiger partial charge in [-0.3, -0.25) is 4.79 Å². The van der Waals surface area contributed by atoms with Gasteiger partial charge in [-0.15, -0.1) is 0 Å². The van der Waals surface area contributed by atoms with Crippen molar-refractivity contribution in [2.45, 2.75) is 27.0 Å². The third kappa shape index (κ3) is 6.19. The molecule has 0 bridgehead atoms. The van der Waals surface area contributed by atoms with Gasteiger partial charge in [0.15, 0.2) is 0 Å². The summed E-state index contributed by atoms with van der Waals surface area (Å²) < 4.78 is 38.5. The first kappa shape index (κ1) is 24.4. The molecule has 0 atom stereocenters. The molecule has 0 aliphatic rings. The van der Waals surface area contributed by atoms with Gasteiger partial charge in [-0.1, -0.05) is 29.8 Å². The first-order valence-electron chi connectivity index (χ1n) is 10.2. The maximum Gasteiger partial charge on any atom is 0.318 e. The highest BCUT2D eigenvalue weighted by Crippen LogP contribution is 2.24. The van der Waals surface area contributed by atoms with Gasteiger partial charge in [0.05, 0.1) is 0 Å². The molecule has 0 saturated carbocycles. The molecule has 176 valence electrons. The Hall–Kier alpha value is -3.21. The van der Waals surface area contributed by atoms with E-state index in [-0.39, 0.29) is 13.2 Å². The Bertz CT molecular complexity index is 1220. The molecule has 0 aliphatic heterocycles. The van der Waals surface area contributed by atoms with Crippen LogP contribution in [-0.4, -0.2) is 53.7 Å². The van der Waals surface area contributed by atoms with Gasteiger partial charge >= 0.3 is 5.97 Å². The summed E-state index contributed by atoms with van der Waals surface area (Å²) in [6.45, 7) is 3.24. The summed E-state index contributed by atoms with van der Waals surface area (Å²) in [5.41, 5.74) is 3.26. The number of carboxylic acid groups (broad SMARTS) is 1. The Labute approximate surface area is 193 Å². The van der Waals surface area contributed by atoms with Crippen LogP contribution in [0.4, 0.5) is 0 Å². The van der Waals surface area contributed by atoms with E-state index >= 15 is 0 Å². The number of hydrogen-bond donors (Lipinski definition) is 1. The van der Waals surface area contributed by atoms with E-state index in [4.69, 9.17) is 14.3 Å². The minimum Gasteiger partial charge on any atom is -0.487 e. The number of carbonyl (C=O) groups is 1. The van der Waals surface area contributed by atoms with Gasteiger partial charge < -0.3 is 14.3 Å². The van der Waals surface area contributed by atoms with Crippen LogP contribution < -0.4 is 4.74 Å². The second-order valence-corrected chi connectivity index (χ2v) is 9.92. The topological polar surface area (TPSA) is 113 Å². The van der Waals surface area contributed by atoms with Crippen LogP contribution in [0.15, 0.2) is 52.9 Å². The van der Waals surface area contributed by atoms with Crippen LogP contribution in [0.2, 0.25) is 0 Å². The van der Waals surface area contributed by atoms with Crippen molar-refractivity contribution in [1.29, 1.82) is 0 Å². The number of aryl methyl sites for hydroxylation is 2. The lowest BCUT2D eigenvalue weighted by Crippen LogP contribution is -2.42. The van der Waals surface area contributed by atoms with Gasteiger partial charge in [0.25, 0.3) is 10.2 Å². The second kappa shape index (κ2) is 10.2. The molecule has 0 unspecified atom stereocenters. The highest BCUT2D eigenvalue weighted by Gasteiger charge is 2.27. The normalized spacial score (nSPS) is 11.8. The fourth-order valence-corrected chi connectivity index (χ4v) is 4.12. The van der Waals surface area contributed by atoms with Gasteiger partial charge in [-0.2, -0.15) is 17.0 Å². The summed E-state index contributed by atoms with van der Waals surface area (Å²) in [6.07, 6.45) is 0. The monoisotopic (exact) mass is 473 g/mol. The van der Waals surface area contributed by atoms with Crippen molar-refractivity contribution < 1.29 is 27.5 Å². The van der Waals surface area contributed by atoms with Crippen LogP contribution in [0.3, 0.4) is 0 Å². The van der Waals surface area contributed by atoms with Crippen molar-refractivity contribution in [1.82, 2.24) is 13.6 Å². The van der Waals surface area contributed by atoms with Gasteiger partial charge in [-0.05, 0) is 43.7 Å². The zero-order chi connectivity index (χ0) is 24.2. The average molecular weight is 474 g/mol. The van der Waals surface area contributed by atoms with Gasteiger partial charge in [-0.25, -0.2) is 4.98 Å². The summed E-state index contributed by atoms with van der Waals surface area (Å²) in [7, 11) is -1.20. The van der Waals surface area contributed by atoms with Crippen LogP contribution in [0, 0.1) is 13.8 Å². The lowest BCUT2D eigenvalue weighted by molar-refractivity contribution is -0.137. The number of hydrogen-bond acceptors (Lipinski definition) is 6. The number of carboxylic acids is 1. The molecule has 10 heteroatoms. The van der Waals surface area contributed by atoms with E-state index in [0.29, 0.717) is 28.7 Å². The first-order valence-corrected chi connectivity index (χ1v) is 11.6. The molecule has 1 N–H and O–H groups in total. The predicted octanol–water partition coefficient (Wildman–Crippen LogP) is 3.23. The van der Waals surface area contributed by atoms with E-state index in [9.17, 15) is 13.2 Å². The largest absolute Gasteiger partial charge is 0.487 e. The summed E-state index contributed by atoms with van der Waals surface area (Å²) in [5.74, 6) is 0.424. The van der Waals surface area contributed by atoms with Crippen LogP contribution in [0.5, 0.6) is 5.75 Å². The highest BCUT2D eigenvalue weighted by atomic mass is 32.2. The van der Waals surface area contributed by atoms with Crippen molar-refractivity contribution in [2.24, 2.45) is 0 Å². The average Bonchev–Trinajstić information content (AvgIpc) is 3.12. The molecule has 3 aromatic rings. The standard InChI is InChI=1S/C23H27N3O6S/c1-16-8-10-19(11-9-16)23-24-21(17(2)32-23)15-31-20-7-5-6-18(12-20)13-26(14-22(27)28)33(29,30)25(3)4/h5-12H,13-15H2,1-4H3,(H,27,28). The SMILES string of the molecule is Cc1ccc(-c2nc(COc3cccc(CN(CC(=O)O)S(=O)(=O)N(C)C)c3)c(C)o2)cc1. The number of oxazole rings is 1. The van der Waals surface area contributed by atoms with Crippen LogP contribution >= 0.6 is 0 Å². The van der Waals surface area contributed by atoms with E-state index in [0.717, 1.165) is 19.7 Å². The molecule has 0 radical (unpaired) electrons. The molecule has 0 saturated heterocycles. The maximum absolute atomic E-state index is 12.5. The minimum atomic E-state index is -3.91. The van der Waals surface area contributed by atoms with Crippen molar-refractivity contribution >= 4 is 16.2 Å². The molecule has 33 heavy (non-hydrogen) atoms. The van der Waals surface area contributed by atoms with Crippen molar-refractivity contribution in [3.8, 4) is 17.2 Å². The molecule has 9 nitrogen and oxygen atoms in total. The molecule has 1 heterocycles. The first-order chi connectivity index (χ1) is 15.6. The minimum absolute atomic E-state index is 0.107. The zero-order valence-corrected chi connectivity index (χ0v) is 19.8. The van der Waals surface area contributed by atoms with E-state index in [1.165, 1.54) is 14.1 Å². The Kier molecular flexibility index (Phi) is 7.52. The summed E-state index contributed by atoms with van der Waals surface area (Å²) in [6, 6.07) is 14.7. The van der Waals surface area contributed by atoms with Crippen LogP contribution in [0.25, 0.3) is 11.5 Å². The number of nitrogens with zero attached hydrogens (tertiary/aromatic N) is 3. The molecule has 0 spiro atoms. The van der Waals surface area contributed by atoms with Gasteiger partial charge in [0, 0.05) is 26.2 Å². The Morgan fingerprint density at radius 2 is 1.82 bits per heavy atom. The van der Waals surface area contributed by atoms with E-state index < -0.39 is 22.7 Å². The van der Waals surface area contributed by atoms with Crippen LogP contribution in [-0.2, 0) is 28.2 Å². The number of aromatic nitrogens is 1. The summed E-state index contributed by atoms with van der Waals surface area (Å²) in [4.78, 5) is 15.7. The smallest absolute Gasteiger partial charge is 0.318 e. The molecular weight excluding hydrogens is 446 g/mol. The molecule has 0 fully saturated rings. The number of ether oxygens (including phenoxy) is 1. The molecule has 0 amide bonds. The van der Waals surface area contributed by atoms with E-state index in [2.05, 4.69) is 4.98 Å². The third-order valence-electron chi connectivity index (χ3n) is 4.92. The van der Waals surface area contributed by atoms with Crippen LogP contribution in [0.1, 0.15) is 22.6 Å². The number of rotatable bonds is 10. The molecule has 0 aliphatic carbocycles. The predicted molar refractivity (Wildman–Crippen MR) is 123 cm³/mol. The second-order valence-electron chi connectivity index (χ2n) is 7.78. The summed E-state index contributed by atoms with van der Waals surface area (Å²) in [5, 5.41) is 9.13. The number of aliphatic carboxylic acids is 1. The van der Waals surface area contributed by atoms with E-state index in [1.807, 2.05) is 38.1 Å². The lowest BCUT2D eigenvalue weighted by atomic mass is 10.1. The van der Waals surface area contributed by atoms with Crippen molar-refractivity contribution in [3.05, 3.63) is 71.1 Å². The Morgan fingerprint density at radius 3 is 2.45 bits per heavy atom. The molecule has 3 rings (SSSR count). The fraction of sp³-hybridized carbons (Fsp3) is 0.304. The number of benzene rings is 2. The summed E-state index contributed by atoms with van der Waals surface area (Å²) >= 11 is 0. The fourth-order valence-electron chi connectivity index (χ4n) is 3.07. The van der Waals surface area contributed by atoms with Crippen molar-refractivity contribution in [2.75, 3.05) is 20.6 Å². The quantitative estimate of drug-likeness (QED) is 0.481. The van der Waals surface area contributed by atoms with Gasteiger partial charge in [0.2, 0.25) is 5.89 Å². The third-order valence-corrected chi connectivity index (χ3v) is 6.76. The maximum atomic E-state index is 12.5. The molecule has 2 aromatic carbocycles. The lowest BCUT2D eigenvalue weighted by Gasteiger charge is -2.24. The molecular formula is C23H27N3O6S. The zero-order valence-electron chi connectivity index (χ0n) is 19.0. The van der Waals surface area contributed by atoms with E-state index in [1.54, 1.807) is 24.3 Å². The Balaban J connectivity index is 1.72.